The topological polar surface area (TPSA) is 89.6 Å². The summed E-state index contributed by atoms with van der Waals surface area (Å²) in [6.45, 7) is 11.7. The van der Waals surface area contributed by atoms with E-state index in [2.05, 4.69) is 27.7 Å². The highest BCUT2D eigenvalue weighted by molar-refractivity contribution is 5.80. The minimum Gasteiger partial charge on any atom is -0.481 e. The molecule has 41 heavy (non-hydrogen) atoms. The maximum absolute atomic E-state index is 13.0. The van der Waals surface area contributed by atoms with E-state index in [9.17, 15) is 14.7 Å². The molecule has 0 aromatic heterocycles. The van der Waals surface area contributed by atoms with E-state index in [1.165, 1.54) is 70.6 Å². The number of hydrogen-bond donors (Lipinski definition) is 2. The normalized spacial score (nSPS) is 51.6. The van der Waals surface area contributed by atoms with Crippen molar-refractivity contribution in [1.82, 2.24) is 0 Å². The Morgan fingerprint density at radius 3 is 1.83 bits per heavy atom. The van der Waals surface area contributed by atoms with Crippen molar-refractivity contribution in [2.24, 2.45) is 75.7 Å². The van der Waals surface area contributed by atoms with Gasteiger partial charge in [-0.2, -0.15) is 0 Å². The average molecular weight is 572 g/mol. The molecule has 0 spiro atoms. The van der Waals surface area contributed by atoms with E-state index < -0.39 is 11.9 Å². The van der Waals surface area contributed by atoms with Crippen molar-refractivity contribution in [1.29, 1.82) is 0 Å². The molecule has 3 N–H and O–H groups in total. The van der Waals surface area contributed by atoms with Crippen molar-refractivity contribution in [3.63, 3.8) is 0 Å². The van der Waals surface area contributed by atoms with Gasteiger partial charge in [-0.15, -0.1) is 0 Å². The second-order valence-corrected chi connectivity index (χ2v) is 16.5. The number of nitrogens with two attached hydrogens (primary N) is 1. The molecule has 0 bridgehead atoms. The van der Waals surface area contributed by atoms with Gasteiger partial charge in [0.1, 0.15) is 6.10 Å². The van der Waals surface area contributed by atoms with E-state index in [-0.39, 0.29) is 36.9 Å². The Bertz CT molecular complexity index is 994. The van der Waals surface area contributed by atoms with Crippen LogP contribution in [0.5, 0.6) is 0 Å². The number of esters is 1. The summed E-state index contributed by atoms with van der Waals surface area (Å²) >= 11 is 0. The minimum atomic E-state index is -0.781. The van der Waals surface area contributed by atoms with E-state index >= 15 is 0 Å². The van der Waals surface area contributed by atoms with Gasteiger partial charge in [-0.1, -0.05) is 61.3 Å². The lowest BCUT2D eigenvalue weighted by Crippen LogP contribution is -2.63. The van der Waals surface area contributed by atoms with Gasteiger partial charge in [0.05, 0.1) is 11.8 Å². The van der Waals surface area contributed by atoms with Gasteiger partial charge in [-0.25, -0.2) is 0 Å². The van der Waals surface area contributed by atoms with Gasteiger partial charge >= 0.3 is 11.9 Å². The summed E-state index contributed by atoms with van der Waals surface area (Å²) < 4.78 is 6.15. The minimum absolute atomic E-state index is 0. The first-order chi connectivity index (χ1) is 18.9. The third-order valence-corrected chi connectivity index (χ3v) is 14.7. The summed E-state index contributed by atoms with van der Waals surface area (Å²) in [5.74, 6) is 3.55. The van der Waals surface area contributed by atoms with Crippen molar-refractivity contribution >= 4 is 11.9 Å². The zero-order valence-electron chi connectivity index (χ0n) is 26.0. The maximum atomic E-state index is 13.0. The van der Waals surface area contributed by atoms with Gasteiger partial charge in [0.15, 0.2) is 0 Å². The number of carboxylic acid groups (broad SMARTS) is 1. The summed E-state index contributed by atoms with van der Waals surface area (Å²) in [6, 6.07) is 0. The van der Waals surface area contributed by atoms with Crippen LogP contribution in [0.25, 0.3) is 0 Å². The van der Waals surface area contributed by atoms with Crippen LogP contribution in [0.1, 0.15) is 132 Å². The lowest BCUT2D eigenvalue weighted by atomic mass is 9.39. The van der Waals surface area contributed by atoms with Crippen molar-refractivity contribution in [2.75, 3.05) is 0 Å². The summed E-state index contributed by atoms with van der Waals surface area (Å²) in [5, 5.41) is 9.31. The number of aliphatic carboxylic acids is 1. The van der Waals surface area contributed by atoms with Crippen LogP contribution in [-0.2, 0) is 14.3 Å². The Morgan fingerprint density at radius 2 is 1.27 bits per heavy atom. The SMILES string of the molecule is C.CC1C(C(=O)O)CC1C(=O)OC1CCC2(C)C(CCC3C2CCC2[C@H]4CCCC4(N)CC[C@@]32C)C1C.CC1CC1. The first kappa shape index (κ1) is 31.3. The number of fused-ring (bicyclic) bond motifs is 7. The van der Waals surface area contributed by atoms with Crippen LogP contribution in [0.2, 0.25) is 0 Å². The fourth-order valence-electron chi connectivity index (χ4n) is 11.7. The van der Waals surface area contributed by atoms with E-state index in [1.807, 2.05) is 6.92 Å². The highest BCUT2D eigenvalue weighted by Gasteiger charge is 2.64. The zero-order chi connectivity index (χ0) is 28.6. The highest BCUT2D eigenvalue weighted by Crippen LogP contribution is 2.70. The smallest absolute Gasteiger partial charge is 0.309 e. The molecule has 0 aliphatic heterocycles. The quantitative estimate of drug-likeness (QED) is 0.334. The van der Waals surface area contributed by atoms with Crippen LogP contribution in [0.15, 0.2) is 0 Å². The molecule has 234 valence electrons. The first-order valence-electron chi connectivity index (χ1n) is 17.1. The van der Waals surface area contributed by atoms with Crippen molar-refractivity contribution < 1.29 is 19.4 Å². The molecule has 0 aromatic rings. The number of carbonyl (C=O) groups excluding carboxylic acids is 1. The molecule has 7 fully saturated rings. The van der Waals surface area contributed by atoms with E-state index in [0.717, 1.165) is 42.4 Å². The molecule has 0 heterocycles. The predicted molar refractivity (Wildman–Crippen MR) is 164 cm³/mol. The molecule has 7 aliphatic rings. The van der Waals surface area contributed by atoms with Crippen LogP contribution in [0.4, 0.5) is 0 Å². The van der Waals surface area contributed by atoms with Crippen molar-refractivity contribution in [3.05, 3.63) is 0 Å². The lowest BCUT2D eigenvalue weighted by molar-refractivity contribution is -0.195. The Morgan fingerprint density at radius 1 is 0.707 bits per heavy atom. The van der Waals surface area contributed by atoms with E-state index in [4.69, 9.17) is 10.5 Å². The summed E-state index contributed by atoms with van der Waals surface area (Å²) in [7, 11) is 0. The van der Waals surface area contributed by atoms with Gasteiger partial charge in [0, 0.05) is 5.54 Å². The molecule has 0 amide bonds. The fraction of sp³-hybridized carbons (Fsp3) is 0.944. The van der Waals surface area contributed by atoms with Crippen LogP contribution in [-0.4, -0.2) is 28.7 Å². The lowest BCUT2D eigenvalue weighted by Gasteiger charge is -2.67. The molecular formula is C36H61NO4. The maximum Gasteiger partial charge on any atom is 0.309 e. The largest absolute Gasteiger partial charge is 0.481 e. The number of rotatable bonds is 3. The molecule has 11 unspecified atom stereocenters. The summed E-state index contributed by atoms with van der Waals surface area (Å²) in [6.07, 6.45) is 17.3. The third-order valence-electron chi connectivity index (χ3n) is 14.7. The molecular weight excluding hydrogens is 510 g/mol. The number of hydrogen-bond acceptors (Lipinski definition) is 4. The molecule has 7 aliphatic carbocycles. The van der Waals surface area contributed by atoms with Crippen LogP contribution in [0, 0.1) is 70.0 Å². The Hall–Kier alpha value is -1.10. The van der Waals surface area contributed by atoms with Crippen LogP contribution in [0.3, 0.4) is 0 Å². The fourth-order valence-corrected chi connectivity index (χ4v) is 11.7. The molecule has 0 saturated heterocycles. The Labute approximate surface area is 250 Å². The summed E-state index contributed by atoms with van der Waals surface area (Å²) in [5.41, 5.74) is 7.91. The molecule has 5 heteroatoms. The van der Waals surface area contributed by atoms with Crippen molar-refractivity contribution in [3.8, 4) is 0 Å². The second kappa shape index (κ2) is 11.1. The predicted octanol–water partition coefficient (Wildman–Crippen LogP) is 8.09. The van der Waals surface area contributed by atoms with Gasteiger partial charge < -0.3 is 15.6 Å². The highest BCUT2D eigenvalue weighted by atomic mass is 16.5. The number of carbonyl (C=O) groups is 2. The van der Waals surface area contributed by atoms with Gasteiger partial charge in [-0.05, 0) is 129 Å². The molecule has 7 saturated carbocycles. The van der Waals surface area contributed by atoms with E-state index in [1.54, 1.807) is 0 Å². The summed E-state index contributed by atoms with van der Waals surface area (Å²) in [4.78, 5) is 24.3. The first-order valence-corrected chi connectivity index (χ1v) is 17.1. The molecule has 5 nitrogen and oxygen atoms in total. The van der Waals surface area contributed by atoms with Gasteiger partial charge in [0.2, 0.25) is 0 Å². The standard InChI is InChI=1S/C31H49NO4.C4H8.CH4/c1-17-19(27(33)34)16-20(17)28(35)36-26-11-13-29(3)21(18(26)2)7-8-23-22(29)9-10-24-25-6-5-12-31(25,32)15-14-30(23,24)4;1-4-2-3-4;/h17-26H,5-16,32H2,1-4H3,(H,33,34);4H,2-3H2,1H3;1H4/t17?,18?,19?,20?,21?,22?,23?,24?,25-,26?,29?,30+,31?;;/m1../s1. The van der Waals surface area contributed by atoms with Gasteiger partial charge in [-0.3, -0.25) is 9.59 Å². The van der Waals surface area contributed by atoms with Gasteiger partial charge in [0.25, 0.3) is 0 Å². The van der Waals surface area contributed by atoms with Crippen LogP contribution < -0.4 is 5.73 Å². The number of ether oxygens (including phenoxy) is 1. The molecule has 0 aromatic carbocycles. The Kier molecular flexibility index (Phi) is 8.49. The molecule has 0 radical (unpaired) electrons. The van der Waals surface area contributed by atoms with Crippen LogP contribution >= 0.6 is 0 Å². The van der Waals surface area contributed by atoms with E-state index in [0.29, 0.717) is 29.1 Å². The molecule has 7 rings (SSSR count). The number of carboxylic acids is 1. The monoisotopic (exact) mass is 571 g/mol. The molecule has 13 atom stereocenters. The third kappa shape index (κ3) is 5.10. The van der Waals surface area contributed by atoms with Crippen molar-refractivity contribution in [2.45, 2.75) is 144 Å². The average Bonchev–Trinajstić information content (AvgIpc) is 3.58. The second-order valence-electron chi connectivity index (χ2n) is 16.5. The Balaban J connectivity index is 0.000000623. The zero-order valence-corrected chi connectivity index (χ0v) is 26.0.